The van der Waals surface area contributed by atoms with Crippen LogP contribution >= 0.6 is 0 Å². The Kier molecular flexibility index (Phi) is 3.56. The van der Waals surface area contributed by atoms with Crippen LogP contribution in [0, 0.1) is 0 Å². The number of alkyl halides is 3. The van der Waals surface area contributed by atoms with E-state index in [0.717, 1.165) is 6.07 Å². The number of hydrogen-bond donors (Lipinski definition) is 0. The smallest absolute Gasteiger partial charge is 0.417 e. The molecule has 0 amide bonds. The number of halogens is 3. The van der Waals surface area contributed by atoms with E-state index in [2.05, 4.69) is 6.58 Å². The van der Waals surface area contributed by atoms with Gasteiger partial charge in [-0.3, -0.25) is 0 Å². The minimum atomic E-state index is -4.42. The molecule has 0 atom stereocenters. The first kappa shape index (κ1) is 14.5. The van der Waals surface area contributed by atoms with Crippen LogP contribution in [0.2, 0.25) is 0 Å². The molecule has 0 N–H and O–H groups in total. The first-order valence-electron chi connectivity index (χ1n) is 6.73. The molecule has 0 bridgehead atoms. The van der Waals surface area contributed by atoms with Gasteiger partial charge >= 0.3 is 6.18 Å². The molecule has 0 radical (unpaired) electrons. The van der Waals surface area contributed by atoms with E-state index in [9.17, 15) is 13.2 Å². The number of ether oxygens (including phenoxy) is 2. The van der Waals surface area contributed by atoms with E-state index in [1.165, 1.54) is 12.1 Å². The van der Waals surface area contributed by atoms with Crippen molar-refractivity contribution in [2.24, 2.45) is 0 Å². The van der Waals surface area contributed by atoms with Gasteiger partial charge < -0.3 is 9.47 Å². The molecule has 114 valence electrons. The second kappa shape index (κ2) is 5.40. The molecule has 2 aromatic rings. The van der Waals surface area contributed by atoms with Crippen LogP contribution in [0.15, 0.2) is 43.0 Å². The van der Waals surface area contributed by atoms with Crippen LogP contribution in [0.1, 0.15) is 11.1 Å². The van der Waals surface area contributed by atoms with Gasteiger partial charge in [-0.25, -0.2) is 0 Å². The summed E-state index contributed by atoms with van der Waals surface area (Å²) in [5, 5.41) is 0. The molecular weight excluding hydrogens is 293 g/mol. The van der Waals surface area contributed by atoms with E-state index in [4.69, 9.17) is 9.47 Å². The normalized spacial score (nSPS) is 13.8. The van der Waals surface area contributed by atoms with Gasteiger partial charge in [0.05, 0.1) is 5.56 Å². The summed E-state index contributed by atoms with van der Waals surface area (Å²) in [6.45, 7) is 4.33. The minimum absolute atomic E-state index is 0.0637. The van der Waals surface area contributed by atoms with Crippen molar-refractivity contribution in [3.8, 4) is 22.6 Å². The summed E-state index contributed by atoms with van der Waals surface area (Å²) >= 11 is 0. The lowest BCUT2D eigenvalue weighted by Crippen LogP contribution is -2.15. The van der Waals surface area contributed by atoms with Crippen LogP contribution < -0.4 is 9.47 Å². The SMILES string of the molecule is C=Cc1ccc(-c2ccc3c(c2)OCCO3)cc1C(F)(F)F. The Balaban J connectivity index is 2.07. The van der Waals surface area contributed by atoms with Crippen LogP contribution in [0.5, 0.6) is 11.5 Å². The summed E-state index contributed by atoms with van der Waals surface area (Å²) in [6.07, 6.45) is -3.22. The van der Waals surface area contributed by atoms with Crippen molar-refractivity contribution < 1.29 is 22.6 Å². The van der Waals surface area contributed by atoms with E-state index in [-0.39, 0.29) is 5.56 Å². The third-order valence-electron chi connectivity index (χ3n) is 3.45. The summed E-state index contributed by atoms with van der Waals surface area (Å²) in [5.41, 5.74) is 0.476. The average Bonchev–Trinajstić information content (AvgIpc) is 2.53. The van der Waals surface area contributed by atoms with Crippen LogP contribution in [0.3, 0.4) is 0 Å². The second-order valence-electron chi connectivity index (χ2n) is 4.86. The molecule has 0 spiro atoms. The van der Waals surface area contributed by atoms with Crippen molar-refractivity contribution in [1.29, 1.82) is 0 Å². The molecular formula is C17H13F3O2. The lowest BCUT2D eigenvalue weighted by Gasteiger charge is -2.19. The Bertz CT molecular complexity index is 720. The molecule has 1 aliphatic rings. The predicted octanol–water partition coefficient (Wildman–Crippen LogP) is 4.79. The Hall–Kier alpha value is -2.43. The molecule has 22 heavy (non-hydrogen) atoms. The zero-order valence-corrected chi connectivity index (χ0v) is 11.6. The molecule has 1 heterocycles. The summed E-state index contributed by atoms with van der Waals surface area (Å²) < 4.78 is 50.2. The summed E-state index contributed by atoms with van der Waals surface area (Å²) in [6, 6.07) is 9.30. The van der Waals surface area contributed by atoms with Crippen molar-refractivity contribution in [3.63, 3.8) is 0 Å². The first-order valence-corrected chi connectivity index (χ1v) is 6.73. The molecule has 2 nitrogen and oxygen atoms in total. The fourth-order valence-electron chi connectivity index (χ4n) is 2.38. The summed E-state index contributed by atoms with van der Waals surface area (Å²) in [7, 11) is 0. The Labute approximate surface area is 125 Å². The summed E-state index contributed by atoms with van der Waals surface area (Å²) in [4.78, 5) is 0. The number of rotatable bonds is 2. The van der Waals surface area contributed by atoms with E-state index >= 15 is 0 Å². The van der Waals surface area contributed by atoms with Crippen LogP contribution in [-0.2, 0) is 6.18 Å². The molecule has 0 saturated heterocycles. The van der Waals surface area contributed by atoms with Crippen LogP contribution in [-0.4, -0.2) is 13.2 Å². The zero-order chi connectivity index (χ0) is 15.7. The van der Waals surface area contributed by atoms with Crippen LogP contribution in [0.25, 0.3) is 17.2 Å². The highest BCUT2D eigenvalue weighted by Crippen LogP contribution is 2.38. The van der Waals surface area contributed by atoms with Gasteiger partial charge in [0.15, 0.2) is 11.5 Å². The van der Waals surface area contributed by atoms with Crippen LogP contribution in [0.4, 0.5) is 13.2 Å². The van der Waals surface area contributed by atoms with Gasteiger partial charge in [-0.05, 0) is 34.9 Å². The molecule has 0 saturated carbocycles. The second-order valence-corrected chi connectivity index (χ2v) is 4.86. The third-order valence-corrected chi connectivity index (χ3v) is 3.45. The fraction of sp³-hybridized carbons (Fsp3) is 0.176. The van der Waals surface area contributed by atoms with E-state index in [1.54, 1.807) is 24.3 Å². The number of fused-ring (bicyclic) bond motifs is 1. The quantitative estimate of drug-likeness (QED) is 0.794. The summed E-state index contributed by atoms with van der Waals surface area (Å²) in [5.74, 6) is 1.15. The molecule has 1 aliphatic heterocycles. The number of hydrogen-bond acceptors (Lipinski definition) is 2. The highest BCUT2D eigenvalue weighted by Gasteiger charge is 2.33. The molecule has 0 aromatic heterocycles. The van der Waals surface area contributed by atoms with E-state index < -0.39 is 11.7 Å². The Morgan fingerprint density at radius 1 is 0.909 bits per heavy atom. The maximum absolute atomic E-state index is 13.1. The number of benzene rings is 2. The van der Waals surface area contributed by atoms with Crippen molar-refractivity contribution in [3.05, 3.63) is 54.1 Å². The Morgan fingerprint density at radius 2 is 1.55 bits per heavy atom. The van der Waals surface area contributed by atoms with Gasteiger partial charge in [0.25, 0.3) is 0 Å². The molecule has 2 aromatic carbocycles. The maximum Gasteiger partial charge on any atom is 0.417 e. The van der Waals surface area contributed by atoms with E-state index in [1.807, 2.05) is 0 Å². The minimum Gasteiger partial charge on any atom is -0.486 e. The predicted molar refractivity (Wildman–Crippen MR) is 78.0 cm³/mol. The van der Waals surface area contributed by atoms with Gasteiger partial charge in [0.1, 0.15) is 13.2 Å². The lowest BCUT2D eigenvalue weighted by molar-refractivity contribution is -0.137. The highest BCUT2D eigenvalue weighted by atomic mass is 19.4. The van der Waals surface area contributed by atoms with Gasteiger partial charge in [-0.15, -0.1) is 0 Å². The largest absolute Gasteiger partial charge is 0.486 e. The van der Waals surface area contributed by atoms with Crippen molar-refractivity contribution in [1.82, 2.24) is 0 Å². The van der Waals surface area contributed by atoms with Gasteiger partial charge in [0, 0.05) is 0 Å². The van der Waals surface area contributed by atoms with Gasteiger partial charge in [-0.2, -0.15) is 13.2 Å². The molecule has 0 aliphatic carbocycles. The Morgan fingerprint density at radius 3 is 2.23 bits per heavy atom. The molecule has 5 heteroatoms. The molecule has 0 unspecified atom stereocenters. The third kappa shape index (κ3) is 2.66. The standard InChI is InChI=1S/C17H13F3O2/c1-2-11-3-4-12(9-14(11)17(18,19)20)13-5-6-15-16(10-13)22-8-7-21-15/h2-6,9-10H,1,7-8H2. The molecule has 3 rings (SSSR count). The highest BCUT2D eigenvalue weighted by molar-refractivity contribution is 5.70. The van der Waals surface area contributed by atoms with Crippen molar-refractivity contribution in [2.75, 3.05) is 13.2 Å². The topological polar surface area (TPSA) is 18.5 Å². The monoisotopic (exact) mass is 306 g/mol. The van der Waals surface area contributed by atoms with Crippen molar-refractivity contribution >= 4 is 6.08 Å². The lowest BCUT2D eigenvalue weighted by atomic mass is 9.98. The van der Waals surface area contributed by atoms with Gasteiger partial charge in [-0.1, -0.05) is 30.9 Å². The molecule has 0 fully saturated rings. The van der Waals surface area contributed by atoms with Crippen molar-refractivity contribution in [2.45, 2.75) is 6.18 Å². The fourth-order valence-corrected chi connectivity index (χ4v) is 2.38. The van der Waals surface area contributed by atoms with E-state index in [0.29, 0.717) is 35.8 Å². The van der Waals surface area contributed by atoms with Gasteiger partial charge in [0.2, 0.25) is 0 Å². The maximum atomic E-state index is 13.1. The zero-order valence-electron chi connectivity index (χ0n) is 11.6. The average molecular weight is 306 g/mol. The first-order chi connectivity index (χ1) is 10.5.